The Morgan fingerprint density at radius 2 is 1.76 bits per heavy atom. The highest BCUT2D eigenvalue weighted by Crippen LogP contribution is 2.09. The monoisotopic (exact) mass is 234 g/mol. The third-order valence-electron chi connectivity index (χ3n) is 3.48. The van der Waals surface area contributed by atoms with Crippen LogP contribution in [0.3, 0.4) is 0 Å². The lowest BCUT2D eigenvalue weighted by molar-refractivity contribution is 0.185. The SMILES string of the molecule is CC(Cc1ccccc1)NCC(C)(C)N(C)C. The number of likely N-dealkylation sites (N-methyl/N-ethyl adjacent to an activating group) is 1. The van der Waals surface area contributed by atoms with Gasteiger partial charge in [0.25, 0.3) is 0 Å². The minimum absolute atomic E-state index is 0.199. The van der Waals surface area contributed by atoms with Gasteiger partial charge in [0.1, 0.15) is 0 Å². The lowest BCUT2D eigenvalue weighted by Gasteiger charge is -2.34. The summed E-state index contributed by atoms with van der Waals surface area (Å²) in [6.07, 6.45) is 1.09. The third-order valence-corrected chi connectivity index (χ3v) is 3.48. The maximum atomic E-state index is 3.61. The van der Waals surface area contributed by atoms with E-state index in [1.165, 1.54) is 5.56 Å². The van der Waals surface area contributed by atoms with E-state index < -0.39 is 0 Å². The molecule has 1 atom stereocenters. The molecule has 0 radical (unpaired) electrons. The maximum absolute atomic E-state index is 3.61. The second kappa shape index (κ2) is 6.18. The Labute approximate surface area is 106 Å². The summed E-state index contributed by atoms with van der Waals surface area (Å²) in [5.41, 5.74) is 1.60. The van der Waals surface area contributed by atoms with Gasteiger partial charge in [-0.2, -0.15) is 0 Å². The molecule has 0 heterocycles. The van der Waals surface area contributed by atoms with Gasteiger partial charge in [-0.3, -0.25) is 0 Å². The molecular weight excluding hydrogens is 208 g/mol. The van der Waals surface area contributed by atoms with Crippen LogP contribution in [-0.2, 0) is 6.42 Å². The van der Waals surface area contributed by atoms with Crippen molar-refractivity contribution in [2.45, 2.75) is 38.8 Å². The Balaban J connectivity index is 2.38. The first-order valence-corrected chi connectivity index (χ1v) is 6.36. The van der Waals surface area contributed by atoms with Crippen LogP contribution in [0, 0.1) is 0 Å². The first kappa shape index (κ1) is 14.2. The molecule has 1 unspecified atom stereocenters. The van der Waals surface area contributed by atoms with Crippen molar-refractivity contribution in [1.82, 2.24) is 10.2 Å². The van der Waals surface area contributed by atoms with Gasteiger partial charge in [-0.15, -0.1) is 0 Å². The van der Waals surface area contributed by atoms with Crippen LogP contribution in [0.1, 0.15) is 26.3 Å². The minimum atomic E-state index is 0.199. The average molecular weight is 234 g/mol. The molecule has 0 saturated heterocycles. The van der Waals surface area contributed by atoms with Gasteiger partial charge in [0, 0.05) is 18.1 Å². The Morgan fingerprint density at radius 3 is 2.29 bits per heavy atom. The van der Waals surface area contributed by atoms with E-state index in [0.717, 1.165) is 13.0 Å². The summed E-state index contributed by atoms with van der Waals surface area (Å²) in [6.45, 7) is 7.78. The summed E-state index contributed by atoms with van der Waals surface area (Å²) in [6, 6.07) is 11.2. The molecular formula is C15H26N2. The van der Waals surface area contributed by atoms with Crippen molar-refractivity contribution >= 4 is 0 Å². The van der Waals surface area contributed by atoms with E-state index in [-0.39, 0.29) is 5.54 Å². The highest BCUT2D eigenvalue weighted by atomic mass is 15.2. The van der Waals surface area contributed by atoms with E-state index in [1.54, 1.807) is 0 Å². The molecule has 0 amide bonds. The Hall–Kier alpha value is -0.860. The molecule has 2 heteroatoms. The molecule has 0 spiro atoms. The zero-order valence-corrected chi connectivity index (χ0v) is 11.8. The fourth-order valence-electron chi connectivity index (χ4n) is 1.62. The van der Waals surface area contributed by atoms with Crippen LogP contribution in [0.25, 0.3) is 0 Å². The van der Waals surface area contributed by atoms with Crippen LogP contribution in [-0.4, -0.2) is 37.1 Å². The Kier molecular flexibility index (Phi) is 5.16. The zero-order chi connectivity index (χ0) is 12.9. The zero-order valence-electron chi connectivity index (χ0n) is 11.8. The van der Waals surface area contributed by atoms with Crippen LogP contribution < -0.4 is 5.32 Å². The van der Waals surface area contributed by atoms with Crippen LogP contribution >= 0.6 is 0 Å². The van der Waals surface area contributed by atoms with Crippen molar-refractivity contribution in [2.24, 2.45) is 0 Å². The first-order valence-electron chi connectivity index (χ1n) is 6.36. The second-order valence-corrected chi connectivity index (χ2v) is 5.68. The molecule has 1 N–H and O–H groups in total. The average Bonchev–Trinajstić information content (AvgIpc) is 2.28. The predicted molar refractivity (Wildman–Crippen MR) is 75.4 cm³/mol. The van der Waals surface area contributed by atoms with Crippen molar-refractivity contribution in [3.8, 4) is 0 Å². The van der Waals surface area contributed by atoms with Crippen molar-refractivity contribution in [3.63, 3.8) is 0 Å². The molecule has 0 aliphatic carbocycles. The van der Waals surface area contributed by atoms with Gasteiger partial charge in [-0.05, 0) is 46.9 Å². The molecule has 1 aromatic carbocycles. The van der Waals surface area contributed by atoms with Gasteiger partial charge in [-0.25, -0.2) is 0 Å². The molecule has 2 nitrogen and oxygen atoms in total. The van der Waals surface area contributed by atoms with Crippen molar-refractivity contribution < 1.29 is 0 Å². The summed E-state index contributed by atoms with van der Waals surface area (Å²) in [4.78, 5) is 2.26. The van der Waals surface area contributed by atoms with Gasteiger partial charge in [0.2, 0.25) is 0 Å². The molecule has 0 bridgehead atoms. The van der Waals surface area contributed by atoms with Gasteiger partial charge in [0.15, 0.2) is 0 Å². The molecule has 1 aromatic rings. The smallest absolute Gasteiger partial charge is 0.0271 e. The van der Waals surface area contributed by atoms with Gasteiger partial charge < -0.3 is 10.2 Å². The van der Waals surface area contributed by atoms with E-state index >= 15 is 0 Å². The van der Waals surface area contributed by atoms with E-state index in [9.17, 15) is 0 Å². The second-order valence-electron chi connectivity index (χ2n) is 5.68. The number of rotatable bonds is 6. The molecule has 0 fully saturated rings. The quantitative estimate of drug-likeness (QED) is 0.814. The normalized spacial score (nSPS) is 14.0. The molecule has 0 aromatic heterocycles. The topological polar surface area (TPSA) is 15.3 Å². The van der Waals surface area contributed by atoms with Crippen LogP contribution in [0.2, 0.25) is 0 Å². The molecule has 17 heavy (non-hydrogen) atoms. The van der Waals surface area contributed by atoms with Crippen LogP contribution in [0.4, 0.5) is 0 Å². The van der Waals surface area contributed by atoms with Crippen LogP contribution in [0.15, 0.2) is 30.3 Å². The predicted octanol–water partition coefficient (Wildman–Crippen LogP) is 2.55. The third kappa shape index (κ3) is 4.88. The van der Waals surface area contributed by atoms with Gasteiger partial charge in [0.05, 0.1) is 0 Å². The van der Waals surface area contributed by atoms with E-state index in [1.807, 2.05) is 0 Å². The molecule has 0 aliphatic rings. The molecule has 0 aliphatic heterocycles. The van der Waals surface area contributed by atoms with Gasteiger partial charge >= 0.3 is 0 Å². The highest BCUT2D eigenvalue weighted by molar-refractivity contribution is 5.15. The largest absolute Gasteiger partial charge is 0.312 e. The standard InChI is InChI=1S/C15H26N2/c1-13(11-14-9-7-6-8-10-14)16-12-15(2,3)17(4)5/h6-10,13,16H,11-12H2,1-5H3. The Morgan fingerprint density at radius 1 is 1.18 bits per heavy atom. The van der Waals surface area contributed by atoms with Crippen molar-refractivity contribution in [2.75, 3.05) is 20.6 Å². The number of nitrogens with zero attached hydrogens (tertiary/aromatic N) is 1. The van der Waals surface area contributed by atoms with E-state index in [2.05, 4.69) is 75.4 Å². The highest BCUT2D eigenvalue weighted by Gasteiger charge is 2.20. The van der Waals surface area contributed by atoms with E-state index in [4.69, 9.17) is 0 Å². The van der Waals surface area contributed by atoms with Crippen molar-refractivity contribution in [3.05, 3.63) is 35.9 Å². The fourth-order valence-corrected chi connectivity index (χ4v) is 1.62. The molecule has 0 saturated carbocycles. The summed E-state index contributed by atoms with van der Waals surface area (Å²) in [5, 5.41) is 3.61. The summed E-state index contributed by atoms with van der Waals surface area (Å²) in [7, 11) is 4.26. The number of nitrogens with one attached hydrogen (secondary N) is 1. The van der Waals surface area contributed by atoms with E-state index in [0.29, 0.717) is 6.04 Å². The summed E-state index contributed by atoms with van der Waals surface area (Å²) < 4.78 is 0. The number of benzene rings is 1. The molecule has 1 rings (SSSR count). The van der Waals surface area contributed by atoms with Gasteiger partial charge in [-0.1, -0.05) is 30.3 Å². The summed E-state index contributed by atoms with van der Waals surface area (Å²) >= 11 is 0. The maximum Gasteiger partial charge on any atom is 0.0271 e. The summed E-state index contributed by atoms with van der Waals surface area (Å²) in [5.74, 6) is 0. The lowest BCUT2D eigenvalue weighted by Crippen LogP contribution is -2.49. The van der Waals surface area contributed by atoms with Crippen LogP contribution in [0.5, 0.6) is 0 Å². The fraction of sp³-hybridized carbons (Fsp3) is 0.600. The first-order chi connectivity index (χ1) is 7.92. The number of hydrogen-bond donors (Lipinski definition) is 1. The lowest BCUT2D eigenvalue weighted by atomic mass is 10.0. The van der Waals surface area contributed by atoms with Crippen molar-refractivity contribution in [1.29, 1.82) is 0 Å². The Bertz CT molecular complexity index is 317. The molecule has 96 valence electrons. The minimum Gasteiger partial charge on any atom is -0.312 e. The number of hydrogen-bond acceptors (Lipinski definition) is 2.